The van der Waals surface area contributed by atoms with Crippen molar-refractivity contribution in [2.24, 2.45) is 0 Å². The summed E-state index contributed by atoms with van der Waals surface area (Å²) in [5.41, 5.74) is -1.94. The van der Waals surface area contributed by atoms with Crippen LogP contribution < -0.4 is 0 Å². The zero-order valence-electron chi connectivity index (χ0n) is 10.5. The van der Waals surface area contributed by atoms with Crippen molar-refractivity contribution < 1.29 is 27.8 Å². The number of sulfonamides is 1. The summed E-state index contributed by atoms with van der Waals surface area (Å²) in [6.07, 6.45) is -0.0596. The molecule has 1 unspecified atom stereocenters. The fourth-order valence-electron chi connectivity index (χ4n) is 2.05. The van der Waals surface area contributed by atoms with Crippen molar-refractivity contribution in [3.63, 3.8) is 0 Å². The molecule has 1 atom stereocenters. The van der Waals surface area contributed by atoms with Crippen LogP contribution in [0.2, 0.25) is 0 Å². The molecule has 0 radical (unpaired) electrons. The van der Waals surface area contributed by atoms with Gasteiger partial charge in [0, 0.05) is 6.54 Å². The Hall–Kier alpha value is -1.51. The zero-order chi connectivity index (χ0) is 15.0. The van der Waals surface area contributed by atoms with Crippen molar-refractivity contribution in [3.8, 4) is 0 Å². The van der Waals surface area contributed by atoms with Crippen molar-refractivity contribution in [3.05, 3.63) is 29.8 Å². The van der Waals surface area contributed by atoms with Gasteiger partial charge in [-0.25, -0.2) is 17.6 Å². The molecule has 20 heavy (non-hydrogen) atoms. The van der Waals surface area contributed by atoms with Gasteiger partial charge in [-0.2, -0.15) is 4.31 Å². The molecule has 0 bridgehead atoms. The van der Waals surface area contributed by atoms with Gasteiger partial charge in [0.2, 0.25) is 10.0 Å². The minimum absolute atomic E-state index is 0.0138. The predicted octanol–water partition coefficient (Wildman–Crippen LogP) is 0.480. The summed E-state index contributed by atoms with van der Waals surface area (Å²) in [6, 6.07) is 4.71. The van der Waals surface area contributed by atoms with Crippen LogP contribution in [0.15, 0.2) is 29.2 Å². The summed E-state index contributed by atoms with van der Waals surface area (Å²) in [5.74, 6) is -1.15. The third kappa shape index (κ3) is 2.67. The van der Waals surface area contributed by atoms with Crippen LogP contribution in [0, 0.1) is 0 Å². The van der Waals surface area contributed by atoms with Crippen LogP contribution in [0.25, 0.3) is 0 Å². The molecule has 8 heteroatoms. The van der Waals surface area contributed by atoms with Crippen molar-refractivity contribution >= 4 is 16.0 Å². The van der Waals surface area contributed by atoms with E-state index in [1.54, 1.807) is 0 Å². The summed E-state index contributed by atoms with van der Waals surface area (Å²) in [6.45, 7) is -1.14. The number of benzene rings is 1. The first kappa shape index (κ1) is 14.9. The number of carboxylic acid groups (broad SMARTS) is 1. The summed E-state index contributed by atoms with van der Waals surface area (Å²) >= 11 is 0. The number of aliphatic hydroxyl groups excluding tert-OH is 1. The number of carboxylic acids is 1. The van der Waals surface area contributed by atoms with E-state index < -0.39 is 34.8 Å². The van der Waals surface area contributed by atoms with Gasteiger partial charge in [-0.3, -0.25) is 0 Å². The van der Waals surface area contributed by atoms with Gasteiger partial charge >= 0.3 is 5.97 Å². The number of aromatic carboxylic acids is 1. The van der Waals surface area contributed by atoms with Crippen molar-refractivity contribution in [2.45, 2.75) is 17.0 Å². The van der Waals surface area contributed by atoms with Crippen LogP contribution in [0.4, 0.5) is 4.39 Å². The third-order valence-corrected chi connectivity index (χ3v) is 5.15. The standard InChI is InChI=1S/C12H14FNO5S/c13-12(8-15)5-6-14(7-12)20(18,19)10-3-1-9(2-4-10)11(16)17/h1-4,15H,5-8H2,(H,16,17). The van der Waals surface area contributed by atoms with Gasteiger partial charge in [-0.1, -0.05) is 0 Å². The molecule has 1 fully saturated rings. The molecule has 0 amide bonds. The highest BCUT2D eigenvalue weighted by atomic mass is 32.2. The number of rotatable bonds is 4. The average molecular weight is 303 g/mol. The molecular weight excluding hydrogens is 289 g/mol. The maximum absolute atomic E-state index is 13.9. The molecule has 1 aromatic rings. The maximum Gasteiger partial charge on any atom is 0.335 e. The molecule has 1 saturated heterocycles. The second-order valence-corrected chi connectivity index (χ2v) is 6.67. The summed E-state index contributed by atoms with van der Waals surface area (Å²) in [7, 11) is -3.87. The topological polar surface area (TPSA) is 94.9 Å². The Morgan fingerprint density at radius 1 is 1.35 bits per heavy atom. The van der Waals surface area contributed by atoms with Gasteiger partial charge in [-0.05, 0) is 30.7 Å². The van der Waals surface area contributed by atoms with E-state index in [0.29, 0.717) is 0 Å². The molecule has 0 aromatic heterocycles. The second-order valence-electron chi connectivity index (χ2n) is 4.73. The SMILES string of the molecule is O=C(O)c1ccc(S(=O)(=O)N2CCC(F)(CO)C2)cc1. The lowest BCUT2D eigenvalue weighted by Gasteiger charge is -2.18. The Balaban J connectivity index is 2.25. The highest BCUT2D eigenvalue weighted by Gasteiger charge is 2.43. The second kappa shape index (κ2) is 5.12. The quantitative estimate of drug-likeness (QED) is 0.843. The molecule has 2 rings (SSSR count). The zero-order valence-corrected chi connectivity index (χ0v) is 11.3. The normalized spacial score (nSPS) is 23.9. The largest absolute Gasteiger partial charge is 0.478 e. The van der Waals surface area contributed by atoms with Gasteiger partial charge < -0.3 is 10.2 Å². The van der Waals surface area contributed by atoms with E-state index in [4.69, 9.17) is 10.2 Å². The van der Waals surface area contributed by atoms with Crippen LogP contribution in [0.5, 0.6) is 0 Å². The van der Waals surface area contributed by atoms with E-state index in [1.165, 1.54) is 24.3 Å². The van der Waals surface area contributed by atoms with Gasteiger partial charge in [0.1, 0.15) is 5.67 Å². The van der Waals surface area contributed by atoms with Crippen LogP contribution in [0.3, 0.4) is 0 Å². The highest BCUT2D eigenvalue weighted by molar-refractivity contribution is 7.89. The van der Waals surface area contributed by atoms with E-state index >= 15 is 0 Å². The number of nitrogens with zero attached hydrogens (tertiary/aromatic N) is 1. The van der Waals surface area contributed by atoms with Crippen molar-refractivity contribution in [1.29, 1.82) is 0 Å². The van der Waals surface area contributed by atoms with Crippen LogP contribution in [-0.2, 0) is 10.0 Å². The number of hydrogen-bond acceptors (Lipinski definition) is 4. The Labute approximate surface area is 115 Å². The average Bonchev–Trinajstić information content (AvgIpc) is 2.83. The molecular formula is C12H14FNO5S. The predicted molar refractivity (Wildman–Crippen MR) is 67.7 cm³/mol. The van der Waals surface area contributed by atoms with E-state index in [9.17, 15) is 17.6 Å². The first-order valence-corrected chi connectivity index (χ1v) is 7.36. The van der Waals surface area contributed by atoms with E-state index in [-0.39, 0.29) is 23.4 Å². The first-order chi connectivity index (χ1) is 9.28. The molecule has 0 aliphatic carbocycles. The van der Waals surface area contributed by atoms with Gasteiger partial charge in [-0.15, -0.1) is 0 Å². The molecule has 2 N–H and O–H groups in total. The molecule has 1 heterocycles. The summed E-state index contributed by atoms with van der Waals surface area (Å²) in [5, 5.41) is 17.7. The minimum atomic E-state index is -3.87. The van der Waals surface area contributed by atoms with Crippen LogP contribution in [-0.4, -0.2) is 54.3 Å². The van der Waals surface area contributed by atoms with Gasteiger partial charge in [0.05, 0.1) is 23.6 Å². The van der Waals surface area contributed by atoms with Crippen LogP contribution in [0.1, 0.15) is 16.8 Å². The van der Waals surface area contributed by atoms with Crippen LogP contribution >= 0.6 is 0 Å². The third-order valence-electron chi connectivity index (χ3n) is 3.29. The fourth-order valence-corrected chi connectivity index (χ4v) is 3.56. The Morgan fingerprint density at radius 2 is 1.95 bits per heavy atom. The molecule has 110 valence electrons. The summed E-state index contributed by atoms with van der Waals surface area (Å²) < 4.78 is 39.3. The number of halogens is 1. The lowest BCUT2D eigenvalue weighted by Crippen LogP contribution is -2.35. The molecule has 1 aliphatic heterocycles. The smallest absolute Gasteiger partial charge is 0.335 e. The first-order valence-electron chi connectivity index (χ1n) is 5.92. The van der Waals surface area contributed by atoms with Gasteiger partial charge in [0.15, 0.2) is 0 Å². The van der Waals surface area contributed by atoms with E-state index in [2.05, 4.69) is 0 Å². The van der Waals surface area contributed by atoms with E-state index in [1.807, 2.05) is 0 Å². The molecule has 6 nitrogen and oxygen atoms in total. The Kier molecular flexibility index (Phi) is 3.81. The lowest BCUT2D eigenvalue weighted by molar-refractivity contribution is 0.0696. The number of carbonyl (C=O) groups is 1. The monoisotopic (exact) mass is 303 g/mol. The highest BCUT2D eigenvalue weighted by Crippen LogP contribution is 2.29. The maximum atomic E-state index is 13.9. The summed E-state index contributed by atoms with van der Waals surface area (Å²) in [4.78, 5) is 10.6. The number of aliphatic hydroxyl groups is 1. The molecule has 0 saturated carbocycles. The van der Waals surface area contributed by atoms with Crippen molar-refractivity contribution in [1.82, 2.24) is 4.31 Å². The lowest BCUT2D eigenvalue weighted by atomic mass is 10.1. The number of alkyl halides is 1. The Bertz CT molecular complexity index is 615. The van der Waals surface area contributed by atoms with Crippen molar-refractivity contribution in [2.75, 3.05) is 19.7 Å². The molecule has 0 spiro atoms. The number of hydrogen-bond donors (Lipinski definition) is 2. The minimum Gasteiger partial charge on any atom is -0.478 e. The molecule has 1 aromatic carbocycles. The molecule has 1 aliphatic rings. The van der Waals surface area contributed by atoms with Gasteiger partial charge in [0.25, 0.3) is 0 Å². The fraction of sp³-hybridized carbons (Fsp3) is 0.417. The Morgan fingerprint density at radius 3 is 2.40 bits per heavy atom. The van der Waals surface area contributed by atoms with E-state index in [0.717, 1.165) is 4.31 Å².